The van der Waals surface area contributed by atoms with Crippen LogP contribution < -0.4 is 10.6 Å². The predicted octanol–water partition coefficient (Wildman–Crippen LogP) is 3.87. The zero-order valence-corrected chi connectivity index (χ0v) is 15.2. The standard InChI is InChI=1S/C18H34N2O2/c1-7-16(20-17(21)22-18(4,5)6)12-19-11-15-9-13(2)8-14(3)10-15/h8,13,15-16,19H,7,9-12H2,1-6H3,(H,20,21). The van der Waals surface area contributed by atoms with Gasteiger partial charge in [0.25, 0.3) is 0 Å². The summed E-state index contributed by atoms with van der Waals surface area (Å²) in [6.45, 7) is 14.0. The minimum Gasteiger partial charge on any atom is -0.444 e. The topological polar surface area (TPSA) is 50.4 Å². The third-order valence-electron chi connectivity index (χ3n) is 3.92. The van der Waals surface area contributed by atoms with Crippen LogP contribution in [0.4, 0.5) is 4.79 Å². The molecule has 0 fully saturated rings. The van der Waals surface area contributed by atoms with Gasteiger partial charge < -0.3 is 15.4 Å². The van der Waals surface area contributed by atoms with Crippen molar-refractivity contribution in [2.24, 2.45) is 11.8 Å². The fourth-order valence-electron chi connectivity index (χ4n) is 3.08. The monoisotopic (exact) mass is 310 g/mol. The Balaban J connectivity index is 2.29. The molecule has 128 valence electrons. The molecular weight excluding hydrogens is 276 g/mol. The van der Waals surface area contributed by atoms with Gasteiger partial charge in [0.15, 0.2) is 0 Å². The molecule has 1 amide bonds. The molecule has 4 nitrogen and oxygen atoms in total. The van der Waals surface area contributed by atoms with Crippen molar-refractivity contribution in [3.63, 3.8) is 0 Å². The highest BCUT2D eigenvalue weighted by molar-refractivity contribution is 5.68. The van der Waals surface area contributed by atoms with Gasteiger partial charge in [0.2, 0.25) is 0 Å². The average molecular weight is 310 g/mol. The Morgan fingerprint density at radius 2 is 2.14 bits per heavy atom. The molecule has 2 N–H and O–H groups in total. The second-order valence-electron chi connectivity index (χ2n) is 7.71. The first-order valence-corrected chi connectivity index (χ1v) is 8.57. The molecule has 0 bridgehead atoms. The third-order valence-corrected chi connectivity index (χ3v) is 3.92. The van der Waals surface area contributed by atoms with Gasteiger partial charge in [-0.3, -0.25) is 0 Å². The Morgan fingerprint density at radius 1 is 1.45 bits per heavy atom. The summed E-state index contributed by atoms with van der Waals surface area (Å²) in [5.74, 6) is 1.39. The van der Waals surface area contributed by atoms with Gasteiger partial charge in [0.1, 0.15) is 5.60 Å². The molecule has 3 atom stereocenters. The van der Waals surface area contributed by atoms with E-state index in [4.69, 9.17) is 4.74 Å². The van der Waals surface area contributed by atoms with Crippen LogP contribution in [0.3, 0.4) is 0 Å². The first kappa shape index (κ1) is 19.0. The van der Waals surface area contributed by atoms with Gasteiger partial charge in [-0.15, -0.1) is 0 Å². The molecule has 0 aliphatic heterocycles. The molecule has 0 spiro atoms. The van der Waals surface area contributed by atoms with E-state index in [0.717, 1.165) is 19.5 Å². The maximum Gasteiger partial charge on any atom is 0.407 e. The Morgan fingerprint density at radius 3 is 2.68 bits per heavy atom. The lowest BCUT2D eigenvalue weighted by atomic mass is 9.84. The summed E-state index contributed by atoms with van der Waals surface area (Å²) in [5, 5.41) is 6.46. The molecule has 0 aromatic rings. The van der Waals surface area contributed by atoms with Crippen LogP contribution in [0.2, 0.25) is 0 Å². The first-order valence-electron chi connectivity index (χ1n) is 8.57. The minimum absolute atomic E-state index is 0.118. The van der Waals surface area contributed by atoms with E-state index in [1.54, 1.807) is 0 Å². The molecule has 0 aromatic heterocycles. The molecule has 22 heavy (non-hydrogen) atoms. The number of rotatable bonds is 6. The molecule has 0 aromatic carbocycles. The number of carbonyl (C=O) groups is 1. The van der Waals surface area contributed by atoms with E-state index in [-0.39, 0.29) is 12.1 Å². The highest BCUT2D eigenvalue weighted by Crippen LogP contribution is 2.27. The Kier molecular flexibility index (Phi) is 7.40. The number of alkyl carbamates (subject to hydrolysis) is 1. The number of ether oxygens (including phenoxy) is 1. The van der Waals surface area contributed by atoms with Crippen LogP contribution in [0.15, 0.2) is 11.6 Å². The van der Waals surface area contributed by atoms with Gasteiger partial charge in [-0.25, -0.2) is 4.79 Å². The summed E-state index contributed by atoms with van der Waals surface area (Å²) in [6, 6.07) is 0.118. The molecule has 1 aliphatic carbocycles. The van der Waals surface area contributed by atoms with Gasteiger partial charge in [0.05, 0.1) is 0 Å². The lowest BCUT2D eigenvalue weighted by Crippen LogP contribution is -2.44. The maximum absolute atomic E-state index is 11.8. The van der Waals surface area contributed by atoms with E-state index < -0.39 is 5.60 Å². The Hall–Kier alpha value is -1.03. The number of carbonyl (C=O) groups excluding carboxylic acids is 1. The molecule has 1 aliphatic rings. The summed E-state index contributed by atoms with van der Waals surface area (Å²) < 4.78 is 5.31. The second kappa shape index (κ2) is 8.56. The SMILES string of the molecule is CCC(CNCC1CC(C)=CC(C)C1)NC(=O)OC(C)(C)C. The van der Waals surface area contributed by atoms with Crippen LogP contribution in [0.1, 0.15) is 60.8 Å². The lowest BCUT2D eigenvalue weighted by molar-refractivity contribution is 0.0502. The van der Waals surface area contributed by atoms with Crippen molar-refractivity contribution in [3.8, 4) is 0 Å². The second-order valence-corrected chi connectivity index (χ2v) is 7.71. The normalized spacial score (nSPS) is 23.6. The van der Waals surface area contributed by atoms with E-state index in [1.807, 2.05) is 20.8 Å². The molecule has 0 saturated heterocycles. The minimum atomic E-state index is -0.447. The molecule has 0 saturated carbocycles. The number of hydrogen-bond donors (Lipinski definition) is 2. The molecule has 4 heteroatoms. The van der Waals surface area contributed by atoms with Crippen LogP contribution in [-0.4, -0.2) is 30.8 Å². The Bertz CT molecular complexity index is 385. The molecule has 3 unspecified atom stereocenters. The zero-order chi connectivity index (χ0) is 16.8. The number of hydrogen-bond acceptors (Lipinski definition) is 3. The predicted molar refractivity (Wildman–Crippen MR) is 92.0 cm³/mol. The number of nitrogens with one attached hydrogen (secondary N) is 2. The number of allylic oxidation sites excluding steroid dienone is 2. The lowest BCUT2D eigenvalue weighted by Gasteiger charge is -2.27. The summed E-state index contributed by atoms with van der Waals surface area (Å²) >= 11 is 0. The van der Waals surface area contributed by atoms with E-state index in [1.165, 1.54) is 18.4 Å². The summed E-state index contributed by atoms with van der Waals surface area (Å²) in [4.78, 5) is 11.8. The van der Waals surface area contributed by atoms with Crippen LogP contribution in [0, 0.1) is 11.8 Å². The van der Waals surface area contributed by atoms with Crippen molar-refractivity contribution in [1.29, 1.82) is 0 Å². The highest BCUT2D eigenvalue weighted by atomic mass is 16.6. The molecule has 0 radical (unpaired) electrons. The van der Waals surface area contributed by atoms with Crippen molar-refractivity contribution >= 4 is 6.09 Å². The van der Waals surface area contributed by atoms with Gasteiger partial charge in [-0.2, -0.15) is 0 Å². The maximum atomic E-state index is 11.8. The molecular formula is C18H34N2O2. The van der Waals surface area contributed by atoms with Gasteiger partial charge >= 0.3 is 6.09 Å². The third kappa shape index (κ3) is 7.83. The van der Waals surface area contributed by atoms with Crippen LogP contribution in [-0.2, 0) is 4.74 Å². The average Bonchev–Trinajstić information content (AvgIpc) is 2.34. The van der Waals surface area contributed by atoms with Gasteiger partial charge in [-0.1, -0.05) is 25.5 Å². The summed E-state index contributed by atoms with van der Waals surface area (Å²) in [7, 11) is 0. The number of amides is 1. The van der Waals surface area contributed by atoms with E-state index in [2.05, 4.69) is 37.5 Å². The molecule has 0 heterocycles. The van der Waals surface area contributed by atoms with Crippen molar-refractivity contribution in [1.82, 2.24) is 10.6 Å². The quantitative estimate of drug-likeness (QED) is 0.732. The van der Waals surface area contributed by atoms with E-state index in [0.29, 0.717) is 11.8 Å². The van der Waals surface area contributed by atoms with Crippen molar-refractivity contribution in [2.75, 3.05) is 13.1 Å². The van der Waals surface area contributed by atoms with Crippen molar-refractivity contribution in [3.05, 3.63) is 11.6 Å². The van der Waals surface area contributed by atoms with Crippen LogP contribution in [0.25, 0.3) is 0 Å². The smallest absolute Gasteiger partial charge is 0.407 e. The van der Waals surface area contributed by atoms with Crippen LogP contribution >= 0.6 is 0 Å². The van der Waals surface area contributed by atoms with E-state index in [9.17, 15) is 4.79 Å². The van der Waals surface area contributed by atoms with Crippen molar-refractivity contribution < 1.29 is 9.53 Å². The van der Waals surface area contributed by atoms with E-state index >= 15 is 0 Å². The van der Waals surface area contributed by atoms with Gasteiger partial charge in [0, 0.05) is 12.6 Å². The zero-order valence-electron chi connectivity index (χ0n) is 15.2. The summed E-state index contributed by atoms with van der Waals surface area (Å²) in [6.07, 6.45) is 5.39. The van der Waals surface area contributed by atoms with Crippen LogP contribution in [0.5, 0.6) is 0 Å². The largest absolute Gasteiger partial charge is 0.444 e. The molecule has 1 rings (SSSR count). The summed E-state index contributed by atoms with van der Waals surface area (Å²) in [5.41, 5.74) is 1.06. The Labute approximate surface area is 136 Å². The fraction of sp³-hybridized carbons (Fsp3) is 0.833. The van der Waals surface area contributed by atoms with Crippen molar-refractivity contribution in [2.45, 2.75) is 72.4 Å². The fourth-order valence-corrected chi connectivity index (χ4v) is 3.08. The first-order chi connectivity index (χ1) is 10.2. The highest BCUT2D eigenvalue weighted by Gasteiger charge is 2.20. The van der Waals surface area contributed by atoms with Gasteiger partial charge in [-0.05, 0) is 65.3 Å².